The lowest BCUT2D eigenvalue weighted by Crippen LogP contribution is -2.46. The van der Waals surface area contributed by atoms with Gasteiger partial charge in [0.2, 0.25) is 10.0 Å². The molecule has 0 aliphatic rings. The molecule has 47 heavy (non-hydrogen) atoms. The van der Waals surface area contributed by atoms with Gasteiger partial charge >= 0.3 is 12.1 Å². The van der Waals surface area contributed by atoms with Gasteiger partial charge in [0.25, 0.3) is 0 Å². The molecule has 3 N–H and O–H groups in total. The number of nitrogens with one attached hydrogen (secondary N) is 3. The molecule has 0 spiro atoms. The third-order valence-electron chi connectivity index (χ3n) is 7.02. The van der Waals surface area contributed by atoms with Gasteiger partial charge in [-0.1, -0.05) is 115 Å². The predicted molar refractivity (Wildman–Crippen MR) is 183 cm³/mol. The van der Waals surface area contributed by atoms with Crippen molar-refractivity contribution in [3.05, 3.63) is 137 Å². The lowest BCUT2D eigenvalue weighted by Gasteiger charge is -2.30. The molecule has 0 aromatic heterocycles. The van der Waals surface area contributed by atoms with E-state index in [4.69, 9.17) is 21.1 Å². The molecule has 0 saturated heterocycles. The highest BCUT2D eigenvalue weighted by molar-refractivity contribution is 7.90. The number of ether oxygens (including phenoxy) is 2. The topological polar surface area (TPSA) is 140 Å². The average molecular weight is 698 g/mol. The highest BCUT2D eigenvalue weighted by atomic mass is 35.5. The normalized spacial score (nSPS) is 13.9. The predicted octanol–water partition coefficient (Wildman–Crippen LogP) is 5.55. The van der Waals surface area contributed by atoms with Crippen LogP contribution in [0.5, 0.6) is 0 Å². The molecular formula is C34H37ClN3O7PS. The molecule has 3 unspecified atom stereocenters. The fourth-order valence-electron chi connectivity index (χ4n) is 4.84. The molecule has 1 amide bonds. The molecule has 10 nitrogen and oxygen atoms in total. The Morgan fingerprint density at radius 3 is 1.98 bits per heavy atom. The number of benzene rings is 4. The minimum atomic E-state index is -4.29. The third kappa shape index (κ3) is 11.1. The minimum absolute atomic E-state index is 0.000758. The molecule has 0 saturated carbocycles. The summed E-state index contributed by atoms with van der Waals surface area (Å²) in [6.07, 6.45) is -0.615. The van der Waals surface area contributed by atoms with Crippen LogP contribution in [-0.2, 0) is 41.9 Å². The van der Waals surface area contributed by atoms with Crippen LogP contribution in [-0.4, -0.2) is 45.4 Å². The molecule has 0 aliphatic heterocycles. The number of esters is 1. The van der Waals surface area contributed by atoms with Crippen LogP contribution in [0.3, 0.4) is 0 Å². The van der Waals surface area contributed by atoms with E-state index in [1.807, 2.05) is 48.5 Å². The summed E-state index contributed by atoms with van der Waals surface area (Å²) in [4.78, 5) is 25.2. The summed E-state index contributed by atoms with van der Waals surface area (Å²) in [7, 11) is -8.26. The van der Waals surface area contributed by atoms with E-state index in [0.29, 0.717) is 10.6 Å². The van der Waals surface area contributed by atoms with Crippen LogP contribution in [0.4, 0.5) is 4.79 Å². The van der Waals surface area contributed by atoms with E-state index >= 15 is 0 Å². The Bertz CT molecular complexity index is 1750. The summed E-state index contributed by atoms with van der Waals surface area (Å²) >= 11 is 6.14. The smallest absolute Gasteiger partial charge is 0.407 e. The Balaban J connectivity index is 1.64. The average Bonchev–Trinajstić information content (AvgIpc) is 3.07. The fraction of sp³-hybridized carbons (Fsp3) is 0.235. The molecule has 0 radical (unpaired) electrons. The third-order valence-corrected chi connectivity index (χ3v) is 11.7. The van der Waals surface area contributed by atoms with Crippen molar-refractivity contribution in [3.8, 4) is 0 Å². The minimum Gasteiger partial charge on any atom is -0.465 e. The lowest BCUT2D eigenvalue weighted by molar-refractivity contribution is -0.141. The first-order chi connectivity index (χ1) is 22.6. The van der Waals surface area contributed by atoms with Crippen LogP contribution in [0.1, 0.15) is 29.4 Å². The summed E-state index contributed by atoms with van der Waals surface area (Å²) in [5.41, 5.74) is 1.90. The molecule has 0 heterocycles. The second-order valence-corrected chi connectivity index (χ2v) is 15.5. The van der Waals surface area contributed by atoms with E-state index in [0.717, 1.165) is 11.1 Å². The molecule has 0 fully saturated rings. The molecule has 4 aromatic rings. The maximum absolute atomic E-state index is 15.0. The molecule has 0 aliphatic carbocycles. The second-order valence-electron chi connectivity index (χ2n) is 10.6. The van der Waals surface area contributed by atoms with Gasteiger partial charge in [-0.05, 0) is 42.2 Å². The Morgan fingerprint density at radius 1 is 0.809 bits per heavy atom. The van der Waals surface area contributed by atoms with Crippen molar-refractivity contribution in [2.75, 3.05) is 18.9 Å². The van der Waals surface area contributed by atoms with Gasteiger partial charge in [0.15, 0.2) is 7.29 Å². The molecule has 4 aromatic carbocycles. The van der Waals surface area contributed by atoms with Gasteiger partial charge in [-0.3, -0.25) is 14.4 Å². The summed E-state index contributed by atoms with van der Waals surface area (Å²) in [5.74, 6) is -2.58. The molecule has 4 rings (SSSR count). The van der Waals surface area contributed by atoms with Crippen molar-refractivity contribution in [3.63, 3.8) is 0 Å². The number of sulfonamides is 1. The van der Waals surface area contributed by atoms with E-state index < -0.39 is 53.5 Å². The first-order valence-corrected chi connectivity index (χ1v) is 18.7. The molecule has 3 atom stereocenters. The number of rotatable bonds is 16. The maximum atomic E-state index is 15.0. The number of amides is 1. The number of halogens is 1. The first-order valence-electron chi connectivity index (χ1n) is 14.9. The van der Waals surface area contributed by atoms with Crippen LogP contribution in [0.2, 0.25) is 5.02 Å². The monoisotopic (exact) mass is 697 g/mol. The highest BCUT2D eigenvalue weighted by Gasteiger charge is 2.40. The van der Waals surface area contributed by atoms with Crippen LogP contribution in [0.25, 0.3) is 0 Å². The fourth-order valence-corrected chi connectivity index (χ4v) is 9.58. The van der Waals surface area contributed by atoms with Crippen LogP contribution < -0.4 is 20.4 Å². The zero-order valence-electron chi connectivity index (χ0n) is 25.8. The van der Waals surface area contributed by atoms with E-state index in [2.05, 4.69) is 15.1 Å². The highest BCUT2D eigenvalue weighted by Crippen LogP contribution is 2.53. The van der Waals surface area contributed by atoms with Crippen LogP contribution in [0.15, 0.2) is 115 Å². The standard InChI is InChI=1S/C34H37ClN3O7PS/c1-2-44-32(39)23-36-46(41,31-16-10-5-11-17-31)33(28-18-20-29(35)21-19-28)38-47(42,43)25-30(22-26-12-6-3-7-13-26)37-34(40)45-24-27-14-8-4-9-15-27/h3-21,30,33,38H,2,22-25H2,1H3,(H,36,41)(H,37,40). The van der Waals surface area contributed by atoms with Gasteiger partial charge in [-0.25, -0.2) is 13.2 Å². The maximum Gasteiger partial charge on any atom is 0.407 e. The Morgan fingerprint density at radius 2 is 1.38 bits per heavy atom. The molecule has 248 valence electrons. The molecule has 0 bridgehead atoms. The quantitative estimate of drug-likeness (QED) is 0.102. The van der Waals surface area contributed by atoms with Gasteiger partial charge in [-0.2, -0.15) is 4.72 Å². The van der Waals surface area contributed by atoms with E-state index in [1.54, 1.807) is 73.7 Å². The van der Waals surface area contributed by atoms with Gasteiger partial charge in [0.05, 0.1) is 18.4 Å². The largest absolute Gasteiger partial charge is 0.465 e. The Kier molecular flexibility index (Phi) is 13.2. The Labute approximate surface area is 280 Å². The number of alkyl carbamates (subject to hydrolysis) is 1. The van der Waals surface area contributed by atoms with E-state index in [-0.39, 0.29) is 24.9 Å². The van der Waals surface area contributed by atoms with Crippen LogP contribution >= 0.6 is 18.9 Å². The Hall–Kier alpha value is -3.99. The van der Waals surface area contributed by atoms with Crippen molar-refractivity contribution in [1.29, 1.82) is 0 Å². The van der Waals surface area contributed by atoms with Crippen LogP contribution in [0, 0.1) is 0 Å². The lowest BCUT2D eigenvalue weighted by atomic mass is 10.1. The number of hydrogen-bond acceptors (Lipinski definition) is 7. The van der Waals surface area contributed by atoms with E-state index in [9.17, 15) is 22.6 Å². The van der Waals surface area contributed by atoms with Gasteiger partial charge in [0, 0.05) is 10.3 Å². The SMILES string of the molecule is CCOC(=O)CNP(=O)(c1ccccc1)C(NS(=O)(=O)CC(Cc1ccccc1)NC(=O)OCc1ccccc1)c1ccc(Cl)cc1. The summed E-state index contributed by atoms with van der Waals surface area (Å²) in [6, 6.07) is 31.8. The first kappa shape index (κ1) is 35.9. The van der Waals surface area contributed by atoms with Crippen molar-refractivity contribution < 1.29 is 32.0 Å². The summed E-state index contributed by atoms with van der Waals surface area (Å²) in [6.45, 7) is 1.34. The van der Waals surface area contributed by atoms with E-state index in [1.165, 1.54) is 0 Å². The summed E-state index contributed by atoms with van der Waals surface area (Å²) < 4.78 is 56.0. The van der Waals surface area contributed by atoms with Crippen molar-refractivity contribution in [2.24, 2.45) is 0 Å². The summed E-state index contributed by atoms with van der Waals surface area (Å²) in [5, 5.41) is 6.20. The number of carbonyl (C=O) groups excluding carboxylic acids is 2. The zero-order valence-corrected chi connectivity index (χ0v) is 28.2. The second kappa shape index (κ2) is 17.2. The zero-order chi connectivity index (χ0) is 33.7. The van der Waals surface area contributed by atoms with Gasteiger partial charge in [-0.15, -0.1) is 0 Å². The number of carbonyl (C=O) groups is 2. The van der Waals surface area contributed by atoms with Gasteiger partial charge < -0.3 is 14.8 Å². The van der Waals surface area contributed by atoms with Crippen molar-refractivity contribution in [1.82, 2.24) is 15.1 Å². The van der Waals surface area contributed by atoms with Crippen molar-refractivity contribution in [2.45, 2.75) is 31.8 Å². The number of hydrogen-bond donors (Lipinski definition) is 3. The molecular weight excluding hydrogens is 661 g/mol. The van der Waals surface area contributed by atoms with Gasteiger partial charge in [0.1, 0.15) is 18.9 Å². The van der Waals surface area contributed by atoms with Crippen molar-refractivity contribution >= 4 is 46.3 Å². The molecule has 13 heteroatoms.